The van der Waals surface area contributed by atoms with Gasteiger partial charge in [-0.3, -0.25) is 4.79 Å². The Kier molecular flexibility index (Phi) is 3.93. The molecule has 0 amide bonds. The zero-order valence-electron chi connectivity index (χ0n) is 10.2. The molecule has 2 rings (SSSR count). The van der Waals surface area contributed by atoms with Crippen molar-refractivity contribution in [1.29, 1.82) is 0 Å². The van der Waals surface area contributed by atoms with Gasteiger partial charge in [-0.1, -0.05) is 12.8 Å². The van der Waals surface area contributed by atoms with E-state index in [4.69, 9.17) is 4.74 Å². The van der Waals surface area contributed by atoms with E-state index in [0.717, 1.165) is 12.8 Å². The van der Waals surface area contributed by atoms with Crippen LogP contribution in [0.5, 0.6) is 0 Å². The van der Waals surface area contributed by atoms with Gasteiger partial charge in [0.2, 0.25) is 10.0 Å². The van der Waals surface area contributed by atoms with Crippen LogP contribution in [0.2, 0.25) is 0 Å². The van der Waals surface area contributed by atoms with E-state index < -0.39 is 26.8 Å². The summed E-state index contributed by atoms with van der Waals surface area (Å²) < 4.78 is 32.0. The predicted octanol–water partition coefficient (Wildman–Crippen LogP) is 0.482. The van der Waals surface area contributed by atoms with Gasteiger partial charge in [0.25, 0.3) is 0 Å². The van der Waals surface area contributed by atoms with Crippen molar-refractivity contribution < 1.29 is 23.1 Å². The number of nitrogens with one attached hydrogen (secondary N) is 1. The van der Waals surface area contributed by atoms with Crippen LogP contribution in [0.15, 0.2) is 0 Å². The first kappa shape index (κ1) is 13.8. The molecule has 0 unspecified atom stereocenters. The van der Waals surface area contributed by atoms with E-state index in [1.165, 1.54) is 0 Å². The minimum atomic E-state index is -3.58. The highest BCUT2D eigenvalue weighted by molar-refractivity contribution is 7.90. The van der Waals surface area contributed by atoms with E-state index in [2.05, 4.69) is 4.72 Å². The molecule has 1 saturated carbocycles. The Labute approximate surface area is 107 Å². The average molecular weight is 277 g/mol. The second-order valence-corrected chi connectivity index (χ2v) is 7.01. The third-order valence-corrected chi connectivity index (χ3v) is 5.84. The number of ether oxygens (including phenoxy) is 1. The summed E-state index contributed by atoms with van der Waals surface area (Å²) in [5, 5.41) is 8.75. The van der Waals surface area contributed by atoms with Crippen molar-refractivity contribution in [3.8, 4) is 0 Å². The molecule has 2 aliphatic rings. The molecule has 6 nitrogen and oxygen atoms in total. The van der Waals surface area contributed by atoms with Gasteiger partial charge in [0.05, 0.1) is 5.25 Å². The molecule has 0 radical (unpaired) electrons. The second-order valence-electron chi connectivity index (χ2n) is 5.05. The fourth-order valence-corrected chi connectivity index (χ4v) is 4.50. The first-order valence-corrected chi connectivity index (χ1v) is 7.85. The maximum absolute atomic E-state index is 12.2. The Morgan fingerprint density at radius 3 is 2.28 bits per heavy atom. The van der Waals surface area contributed by atoms with Crippen LogP contribution in [0, 0.1) is 0 Å². The Balaban J connectivity index is 2.12. The largest absolute Gasteiger partial charge is 0.480 e. The number of carboxylic acids is 1. The summed E-state index contributed by atoms with van der Waals surface area (Å²) in [6.45, 7) is 0.845. The van der Waals surface area contributed by atoms with Gasteiger partial charge in [0, 0.05) is 13.2 Å². The zero-order valence-corrected chi connectivity index (χ0v) is 11.0. The Bertz CT molecular complexity index is 407. The first-order chi connectivity index (χ1) is 8.46. The standard InChI is InChI=1S/C11H19NO5S/c13-10(14)11(5-1-2-6-11)12-18(15,16)9-3-7-17-8-4-9/h9,12H,1-8H2,(H,13,14). The number of sulfonamides is 1. The lowest BCUT2D eigenvalue weighted by Crippen LogP contribution is -2.55. The summed E-state index contributed by atoms with van der Waals surface area (Å²) in [5.41, 5.74) is -1.28. The monoisotopic (exact) mass is 277 g/mol. The fraction of sp³-hybridized carbons (Fsp3) is 0.909. The van der Waals surface area contributed by atoms with Crippen LogP contribution >= 0.6 is 0 Å². The van der Waals surface area contributed by atoms with Gasteiger partial charge < -0.3 is 9.84 Å². The number of rotatable bonds is 4. The normalized spacial score (nSPS) is 25.1. The van der Waals surface area contributed by atoms with Crippen molar-refractivity contribution in [3.63, 3.8) is 0 Å². The van der Waals surface area contributed by atoms with Gasteiger partial charge in [0.15, 0.2) is 0 Å². The van der Waals surface area contributed by atoms with Crippen LogP contribution in [0.1, 0.15) is 38.5 Å². The molecule has 7 heteroatoms. The third-order valence-electron chi connectivity index (χ3n) is 3.81. The van der Waals surface area contributed by atoms with Crippen LogP contribution in [-0.2, 0) is 19.6 Å². The molecule has 1 aliphatic carbocycles. The predicted molar refractivity (Wildman–Crippen MR) is 64.7 cm³/mol. The molecule has 2 N–H and O–H groups in total. The topological polar surface area (TPSA) is 92.7 Å². The third kappa shape index (κ3) is 2.67. The van der Waals surface area contributed by atoms with Gasteiger partial charge in [-0.2, -0.15) is 4.72 Å². The van der Waals surface area contributed by atoms with E-state index in [-0.39, 0.29) is 0 Å². The molecule has 0 aromatic carbocycles. The average Bonchev–Trinajstić information content (AvgIpc) is 2.79. The molecule has 1 saturated heterocycles. The van der Waals surface area contributed by atoms with Gasteiger partial charge in [-0.05, 0) is 25.7 Å². The van der Waals surface area contributed by atoms with E-state index in [0.29, 0.717) is 38.9 Å². The van der Waals surface area contributed by atoms with Crippen LogP contribution in [-0.4, -0.2) is 43.5 Å². The molecule has 0 aromatic rings. The maximum Gasteiger partial charge on any atom is 0.324 e. The number of carboxylic acid groups (broad SMARTS) is 1. The molecule has 0 spiro atoms. The van der Waals surface area contributed by atoms with Crippen molar-refractivity contribution in [3.05, 3.63) is 0 Å². The Hall–Kier alpha value is -0.660. The van der Waals surface area contributed by atoms with Crippen molar-refractivity contribution in [2.45, 2.75) is 49.3 Å². The molecule has 1 heterocycles. The van der Waals surface area contributed by atoms with Crippen LogP contribution in [0.25, 0.3) is 0 Å². The number of carbonyl (C=O) groups is 1. The second kappa shape index (κ2) is 5.14. The molecule has 0 atom stereocenters. The van der Waals surface area contributed by atoms with Gasteiger partial charge in [-0.25, -0.2) is 8.42 Å². The van der Waals surface area contributed by atoms with Gasteiger partial charge >= 0.3 is 5.97 Å². The van der Waals surface area contributed by atoms with Crippen molar-refractivity contribution >= 4 is 16.0 Å². The molecular formula is C11H19NO5S. The van der Waals surface area contributed by atoms with Crippen molar-refractivity contribution in [2.75, 3.05) is 13.2 Å². The Morgan fingerprint density at radius 1 is 1.22 bits per heavy atom. The summed E-state index contributed by atoms with van der Waals surface area (Å²) in [5.74, 6) is -1.06. The Morgan fingerprint density at radius 2 is 1.78 bits per heavy atom. The molecule has 18 heavy (non-hydrogen) atoms. The van der Waals surface area contributed by atoms with Crippen LogP contribution in [0.3, 0.4) is 0 Å². The number of hydrogen-bond donors (Lipinski definition) is 2. The summed E-state index contributed by atoms with van der Waals surface area (Å²) in [4.78, 5) is 11.3. The SMILES string of the molecule is O=C(O)C1(NS(=O)(=O)C2CCOCC2)CCCC1. The number of aliphatic carboxylic acids is 1. The highest BCUT2D eigenvalue weighted by atomic mass is 32.2. The molecule has 104 valence electrons. The smallest absolute Gasteiger partial charge is 0.324 e. The minimum Gasteiger partial charge on any atom is -0.480 e. The van der Waals surface area contributed by atoms with Crippen LogP contribution in [0.4, 0.5) is 0 Å². The van der Waals surface area contributed by atoms with Gasteiger partial charge in [-0.15, -0.1) is 0 Å². The molecule has 0 bridgehead atoms. The highest BCUT2D eigenvalue weighted by Gasteiger charge is 2.46. The summed E-state index contributed by atoms with van der Waals surface area (Å²) >= 11 is 0. The first-order valence-electron chi connectivity index (χ1n) is 6.30. The zero-order chi connectivity index (χ0) is 13.2. The quantitative estimate of drug-likeness (QED) is 0.779. The van der Waals surface area contributed by atoms with E-state index in [9.17, 15) is 18.3 Å². The molecule has 1 aliphatic heterocycles. The molecular weight excluding hydrogens is 258 g/mol. The lowest BCUT2D eigenvalue weighted by molar-refractivity contribution is -0.143. The van der Waals surface area contributed by atoms with Crippen LogP contribution < -0.4 is 4.72 Å². The minimum absolute atomic E-state index is 0.380. The fourth-order valence-electron chi connectivity index (χ4n) is 2.68. The summed E-state index contributed by atoms with van der Waals surface area (Å²) in [6, 6.07) is 0. The van der Waals surface area contributed by atoms with E-state index in [1.54, 1.807) is 0 Å². The number of hydrogen-bond acceptors (Lipinski definition) is 4. The lowest BCUT2D eigenvalue weighted by Gasteiger charge is -2.29. The van der Waals surface area contributed by atoms with E-state index >= 15 is 0 Å². The molecule has 2 fully saturated rings. The lowest BCUT2D eigenvalue weighted by atomic mass is 10.0. The highest BCUT2D eigenvalue weighted by Crippen LogP contribution is 2.31. The molecule has 0 aromatic heterocycles. The van der Waals surface area contributed by atoms with Crippen molar-refractivity contribution in [1.82, 2.24) is 4.72 Å². The van der Waals surface area contributed by atoms with Crippen molar-refractivity contribution in [2.24, 2.45) is 0 Å². The maximum atomic E-state index is 12.2. The summed E-state index contributed by atoms with van der Waals surface area (Å²) in [6.07, 6.45) is 3.14. The summed E-state index contributed by atoms with van der Waals surface area (Å²) in [7, 11) is -3.58. The van der Waals surface area contributed by atoms with E-state index in [1.807, 2.05) is 0 Å². The van der Waals surface area contributed by atoms with Gasteiger partial charge in [0.1, 0.15) is 5.54 Å².